The van der Waals surface area contributed by atoms with E-state index in [0.29, 0.717) is 6.54 Å². The van der Waals surface area contributed by atoms with Crippen molar-refractivity contribution >= 4 is 16.7 Å². The molecular weight excluding hydrogens is 212 g/mol. The molecule has 3 nitrogen and oxygen atoms in total. The molecule has 0 saturated heterocycles. The van der Waals surface area contributed by atoms with Crippen LogP contribution in [-0.4, -0.2) is 35.8 Å². The zero-order chi connectivity index (χ0) is 12.3. The quantitative estimate of drug-likeness (QED) is 0.855. The summed E-state index contributed by atoms with van der Waals surface area (Å²) in [5.41, 5.74) is 2.49. The number of hydrogen-bond acceptors (Lipinski definition) is 2. The highest BCUT2D eigenvalue weighted by molar-refractivity contribution is 5.83. The van der Waals surface area contributed by atoms with E-state index in [1.807, 2.05) is 13.1 Å². The number of likely N-dealkylation sites (N-methyl/N-ethyl adjacent to an activating group) is 1. The molecule has 2 rings (SSSR count). The monoisotopic (exact) mass is 230 g/mol. The number of nitrogens with one attached hydrogen (secondary N) is 1. The number of nitrogens with zero attached hydrogens (tertiary/aromatic N) is 1. The minimum Gasteiger partial charge on any atom is -0.361 e. The van der Waals surface area contributed by atoms with Gasteiger partial charge in [-0.1, -0.05) is 18.2 Å². The average Bonchev–Trinajstić information content (AvgIpc) is 2.69. The van der Waals surface area contributed by atoms with Crippen LogP contribution >= 0.6 is 0 Å². The van der Waals surface area contributed by atoms with Crippen LogP contribution in [-0.2, 0) is 11.2 Å². The Labute approximate surface area is 101 Å². The van der Waals surface area contributed by atoms with Crippen LogP contribution in [0.2, 0.25) is 0 Å². The number of Topliss-reactive ketones (excluding diaryl/α,β-unsaturated/α-hetero) is 1. The summed E-state index contributed by atoms with van der Waals surface area (Å²) < 4.78 is 0. The Balaban J connectivity index is 2.02. The predicted molar refractivity (Wildman–Crippen MR) is 70.2 cm³/mol. The molecule has 1 heterocycles. The van der Waals surface area contributed by atoms with Crippen LogP contribution in [0.3, 0.4) is 0 Å². The maximum atomic E-state index is 11.0. The highest BCUT2D eigenvalue weighted by atomic mass is 16.1. The molecule has 0 atom stereocenters. The van der Waals surface area contributed by atoms with Crippen molar-refractivity contribution in [2.45, 2.75) is 13.3 Å². The Kier molecular flexibility index (Phi) is 3.59. The first kappa shape index (κ1) is 11.9. The van der Waals surface area contributed by atoms with Crippen molar-refractivity contribution in [3.63, 3.8) is 0 Å². The molecule has 1 aromatic carbocycles. The number of ketones is 1. The highest BCUT2D eigenvalue weighted by Crippen LogP contribution is 2.18. The second-order valence-electron chi connectivity index (χ2n) is 4.55. The van der Waals surface area contributed by atoms with E-state index in [2.05, 4.69) is 34.3 Å². The Bertz CT molecular complexity index is 516. The van der Waals surface area contributed by atoms with E-state index in [1.165, 1.54) is 16.5 Å². The normalized spacial score (nSPS) is 11.2. The fourth-order valence-corrected chi connectivity index (χ4v) is 2.11. The Hall–Kier alpha value is -1.61. The number of carbonyl (C=O) groups is 1. The van der Waals surface area contributed by atoms with Gasteiger partial charge in [-0.25, -0.2) is 0 Å². The van der Waals surface area contributed by atoms with E-state index in [9.17, 15) is 4.79 Å². The molecule has 0 aliphatic carbocycles. The molecule has 0 aliphatic rings. The standard InChI is InChI=1S/C14H18N2O/c1-11(17)10-16(2)8-7-12-9-15-14-6-4-3-5-13(12)14/h3-6,9,15H,7-8,10H2,1-2H3. The van der Waals surface area contributed by atoms with Gasteiger partial charge >= 0.3 is 0 Å². The summed E-state index contributed by atoms with van der Waals surface area (Å²) in [4.78, 5) is 16.3. The van der Waals surface area contributed by atoms with Crippen LogP contribution in [0.5, 0.6) is 0 Å². The lowest BCUT2D eigenvalue weighted by Crippen LogP contribution is -2.26. The van der Waals surface area contributed by atoms with E-state index < -0.39 is 0 Å². The lowest BCUT2D eigenvalue weighted by molar-refractivity contribution is -0.117. The molecule has 17 heavy (non-hydrogen) atoms. The zero-order valence-corrected chi connectivity index (χ0v) is 10.4. The van der Waals surface area contributed by atoms with E-state index in [1.54, 1.807) is 6.92 Å². The third kappa shape index (κ3) is 2.94. The van der Waals surface area contributed by atoms with E-state index in [4.69, 9.17) is 0 Å². The van der Waals surface area contributed by atoms with Crippen LogP contribution < -0.4 is 0 Å². The van der Waals surface area contributed by atoms with Crippen molar-refractivity contribution < 1.29 is 4.79 Å². The zero-order valence-electron chi connectivity index (χ0n) is 10.4. The number of benzene rings is 1. The number of aromatic nitrogens is 1. The first-order valence-corrected chi connectivity index (χ1v) is 5.90. The molecular formula is C14H18N2O. The Morgan fingerprint density at radius 3 is 2.88 bits per heavy atom. The molecule has 0 radical (unpaired) electrons. The van der Waals surface area contributed by atoms with Crippen LogP contribution in [0, 0.1) is 0 Å². The van der Waals surface area contributed by atoms with Crippen LogP contribution in [0.25, 0.3) is 10.9 Å². The summed E-state index contributed by atoms with van der Waals surface area (Å²) in [5, 5.41) is 1.28. The maximum Gasteiger partial charge on any atom is 0.143 e. The van der Waals surface area contributed by atoms with Crippen molar-refractivity contribution in [1.82, 2.24) is 9.88 Å². The number of H-pyrrole nitrogens is 1. The van der Waals surface area contributed by atoms with Crippen molar-refractivity contribution in [3.8, 4) is 0 Å². The fourth-order valence-electron chi connectivity index (χ4n) is 2.11. The molecule has 0 fully saturated rings. The molecule has 90 valence electrons. The number of carbonyl (C=O) groups excluding carboxylic acids is 1. The first-order valence-electron chi connectivity index (χ1n) is 5.90. The molecule has 3 heteroatoms. The van der Waals surface area contributed by atoms with Gasteiger partial charge in [0.15, 0.2) is 0 Å². The Morgan fingerprint density at radius 2 is 2.12 bits per heavy atom. The molecule has 2 aromatic rings. The van der Waals surface area contributed by atoms with Gasteiger partial charge in [0.2, 0.25) is 0 Å². The number of aromatic amines is 1. The summed E-state index contributed by atoms with van der Waals surface area (Å²) >= 11 is 0. The van der Waals surface area contributed by atoms with Crippen molar-refractivity contribution in [1.29, 1.82) is 0 Å². The van der Waals surface area contributed by atoms with Gasteiger partial charge in [-0.2, -0.15) is 0 Å². The summed E-state index contributed by atoms with van der Waals surface area (Å²) in [6.45, 7) is 3.06. The van der Waals surface area contributed by atoms with Gasteiger partial charge in [0.05, 0.1) is 6.54 Å². The van der Waals surface area contributed by atoms with Crippen molar-refractivity contribution in [2.24, 2.45) is 0 Å². The summed E-state index contributed by atoms with van der Waals surface area (Å²) in [7, 11) is 1.98. The molecule has 1 aromatic heterocycles. The molecule has 1 N–H and O–H groups in total. The first-order chi connectivity index (χ1) is 8.16. The van der Waals surface area contributed by atoms with Gasteiger partial charge in [-0.3, -0.25) is 9.69 Å². The molecule has 0 saturated carbocycles. The van der Waals surface area contributed by atoms with E-state index >= 15 is 0 Å². The minimum absolute atomic E-state index is 0.214. The van der Waals surface area contributed by atoms with Crippen LogP contribution in [0.4, 0.5) is 0 Å². The smallest absolute Gasteiger partial charge is 0.143 e. The molecule has 0 bridgehead atoms. The predicted octanol–water partition coefficient (Wildman–Crippen LogP) is 2.23. The second kappa shape index (κ2) is 5.15. The molecule has 0 amide bonds. The lowest BCUT2D eigenvalue weighted by atomic mass is 10.1. The van der Waals surface area contributed by atoms with Gasteiger partial charge in [0.25, 0.3) is 0 Å². The summed E-state index contributed by atoms with van der Waals surface area (Å²) in [6.07, 6.45) is 3.03. The SMILES string of the molecule is CC(=O)CN(C)CCc1c[nH]c2ccccc12. The maximum absolute atomic E-state index is 11.0. The third-order valence-electron chi connectivity index (χ3n) is 2.93. The van der Waals surface area contributed by atoms with Crippen LogP contribution in [0.1, 0.15) is 12.5 Å². The van der Waals surface area contributed by atoms with Gasteiger partial charge in [-0.15, -0.1) is 0 Å². The topological polar surface area (TPSA) is 36.1 Å². The lowest BCUT2D eigenvalue weighted by Gasteiger charge is -2.13. The minimum atomic E-state index is 0.214. The molecule has 0 unspecified atom stereocenters. The number of hydrogen-bond donors (Lipinski definition) is 1. The van der Waals surface area contributed by atoms with Crippen molar-refractivity contribution in [3.05, 3.63) is 36.0 Å². The van der Waals surface area contributed by atoms with E-state index in [-0.39, 0.29) is 5.78 Å². The van der Waals surface area contributed by atoms with Gasteiger partial charge in [0, 0.05) is 23.6 Å². The van der Waals surface area contributed by atoms with Gasteiger partial charge in [0.1, 0.15) is 5.78 Å². The molecule has 0 aliphatic heterocycles. The largest absolute Gasteiger partial charge is 0.361 e. The third-order valence-corrected chi connectivity index (χ3v) is 2.93. The number of para-hydroxylation sites is 1. The van der Waals surface area contributed by atoms with Gasteiger partial charge in [-0.05, 0) is 32.0 Å². The van der Waals surface area contributed by atoms with Crippen LogP contribution in [0.15, 0.2) is 30.5 Å². The number of rotatable bonds is 5. The second-order valence-corrected chi connectivity index (χ2v) is 4.55. The average molecular weight is 230 g/mol. The molecule has 0 spiro atoms. The Morgan fingerprint density at radius 1 is 1.35 bits per heavy atom. The van der Waals surface area contributed by atoms with Crippen molar-refractivity contribution in [2.75, 3.05) is 20.1 Å². The van der Waals surface area contributed by atoms with Gasteiger partial charge < -0.3 is 4.98 Å². The summed E-state index contributed by atoms with van der Waals surface area (Å²) in [6, 6.07) is 8.30. The highest BCUT2D eigenvalue weighted by Gasteiger charge is 2.05. The number of fused-ring (bicyclic) bond motifs is 1. The summed E-state index contributed by atoms with van der Waals surface area (Å²) in [5.74, 6) is 0.214. The van der Waals surface area contributed by atoms with E-state index in [0.717, 1.165) is 13.0 Å². The fraction of sp³-hybridized carbons (Fsp3) is 0.357.